The average molecular weight is 391 g/mol. The van der Waals surface area contributed by atoms with Gasteiger partial charge in [0.15, 0.2) is 5.96 Å². The van der Waals surface area contributed by atoms with Crippen molar-refractivity contribution >= 4 is 35.6 Å². The molecule has 0 fully saturated rings. The molecular weight excluding hydrogens is 365 g/mol. The van der Waals surface area contributed by atoms with Crippen molar-refractivity contribution in [3.63, 3.8) is 0 Å². The van der Waals surface area contributed by atoms with Crippen molar-refractivity contribution in [1.82, 2.24) is 0 Å². The molecule has 0 heterocycles. The van der Waals surface area contributed by atoms with E-state index in [9.17, 15) is 0 Å². The number of nitrogens with zero attached hydrogens (tertiary/aromatic N) is 1. The Morgan fingerprint density at radius 1 is 1.30 bits per heavy atom. The van der Waals surface area contributed by atoms with Gasteiger partial charge in [-0.3, -0.25) is 4.99 Å². The molecule has 0 aliphatic carbocycles. The molecule has 0 bridgehead atoms. The maximum Gasteiger partial charge on any atom is 0.193 e. The van der Waals surface area contributed by atoms with Crippen LogP contribution >= 0.6 is 24.0 Å². The highest BCUT2D eigenvalue weighted by molar-refractivity contribution is 14.0. The van der Waals surface area contributed by atoms with Crippen molar-refractivity contribution in [3.8, 4) is 0 Å². The van der Waals surface area contributed by atoms with Gasteiger partial charge in [-0.05, 0) is 36.0 Å². The lowest BCUT2D eigenvalue weighted by Crippen LogP contribution is -2.24. The van der Waals surface area contributed by atoms with Gasteiger partial charge in [-0.2, -0.15) is 0 Å². The van der Waals surface area contributed by atoms with E-state index in [0.29, 0.717) is 18.4 Å². The van der Waals surface area contributed by atoms with E-state index in [-0.39, 0.29) is 36.5 Å². The van der Waals surface area contributed by atoms with E-state index >= 15 is 0 Å². The number of hydrogen-bond donors (Lipinski definition) is 3. The van der Waals surface area contributed by atoms with Gasteiger partial charge < -0.3 is 16.2 Å². The van der Waals surface area contributed by atoms with Crippen LogP contribution in [0.3, 0.4) is 0 Å². The summed E-state index contributed by atoms with van der Waals surface area (Å²) in [5, 5.41) is 12.0. The summed E-state index contributed by atoms with van der Waals surface area (Å²) >= 11 is 0. The molecule has 0 radical (unpaired) electrons. The number of hydrogen-bond acceptors (Lipinski definition) is 2. The topological polar surface area (TPSA) is 70.6 Å². The SMILES string of the molecule is CCC(C)c1ccc(NC(N)=NCC(C)CO)cc1.I. The van der Waals surface area contributed by atoms with Crippen LogP contribution in [0.1, 0.15) is 38.7 Å². The molecule has 5 heteroatoms. The average Bonchev–Trinajstić information content (AvgIpc) is 2.44. The zero-order valence-electron chi connectivity index (χ0n) is 12.5. The minimum atomic E-state index is 0. The molecule has 0 saturated carbocycles. The van der Waals surface area contributed by atoms with E-state index in [0.717, 1.165) is 12.1 Å². The number of halogens is 1. The minimum absolute atomic E-state index is 0. The monoisotopic (exact) mass is 391 g/mol. The number of nitrogens with two attached hydrogens (primary N) is 1. The van der Waals surface area contributed by atoms with Gasteiger partial charge in [0.2, 0.25) is 0 Å². The van der Waals surface area contributed by atoms with Gasteiger partial charge in [-0.15, -0.1) is 24.0 Å². The van der Waals surface area contributed by atoms with Crippen molar-refractivity contribution in [1.29, 1.82) is 0 Å². The summed E-state index contributed by atoms with van der Waals surface area (Å²) in [6.45, 7) is 6.98. The Balaban J connectivity index is 0.00000361. The van der Waals surface area contributed by atoms with Crippen molar-refractivity contribution in [2.45, 2.75) is 33.1 Å². The first-order chi connectivity index (χ1) is 9.06. The normalized spacial score (nSPS) is 14.3. The first-order valence-electron chi connectivity index (χ1n) is 6.84. The molecule has 1 aromatic rings. The van der Waals surface area contributed by atoms with E-state index in [4.69, 9.17) is 10.8 Å². The summed E-state index contributed by atoms with van der Waals surface area (Å²) in [5.41, 5.74) is 8.06. The molecule has 0 aromatic heterocycles. The van der Waals surface area contributed by atoms with Crippen LogP contribution in [0.15, 0.2) is 29.3 Å². The standard InChI is InChI=1S/C15H25N3O.HI/c1-4-12(3)13-5-7-14(8-6-13)18-15(16)17-9-11(2)10-19;/h5-8,11-12,19H,4,9-10H2,1-3H3,(H3,16,17,18);1H. The fraction of sp³-hybridized carbons (Fsp3) is 0.533. The maximum atomic E-state index is 8.91. The van der Waals surface area contributed by atoms with Gasteiger partial charge in [0.25, 0.3) is 0 Å². The van der Waals surface area contributed by atoms with Gasteiger partial charge >= 0.3 is 0 Å². The summed E-state index contributed by atoms with van der Waals surface area (Å²) in [5.74, 6) is 1.09. The zero-order chi connectivity index (χ0) is 14.3. The number of aliphatic hydroxyl groups is 1. The number of anilines is 1. The van der Waals surface area contributed by atoms with Crippen LogP contribution in [0, 0.1) is 5.92 Å². The molecule has 0 spiro atoms. The Labute approximate surface area is 138 Å². The summed E-state index contributed by atoms with van der Waals surface area (Å²) in [6.07, 6.45) is 1.13. The Hall–Kier alpha value is -0.820. The van der Waals surface area contributed by atoms with Gasteiger partial charge in [0, 0.05) is 18.8 Å². The Bertz CT molecular complexity index is 406. The molecule has 114 valence electrons. The second-order valence-electron chi connectivity index (χ2n) is 5.07. The van der Waals surface area contributed by atoms with Crippen LogP contribution in [0.5, 0.6) is 0 Å². The van der Waals surface area contributed by atoms with Crippen LogP contribution < -0.4 is 11.1 Å². The predicted octanol–water partition coefficient (Wildman–Crippen LogP) is 3.17. The molecule has 20 heavy (non-hydrogen) atoms. The first-order valence-corrected chi connectivity index (χ1v) is 6.84. The summed E-state index contributed by atoms with van der Waals surface area (Å²) in [6, 6.07) is 8.25. The molecule has 0 amide bonds. The molecule has 0 aliphatic rings. The molecule has 2 unspecified atom stereocenters. The quantitative estimate of drug-likeness (QED) is 0.396. The number of guanidine groups is 1. The molecule has 4 N–H and O–H groups in total. The van der Waals surface area contributed by atoms with Crippen LogP contribution in [0.2, 0.25) is 0 Å². The lowest BCUT2D eigenvalue weighted by Gasteiger charge is -2.11. The Morgan fingerprint density at radius 3 is 2.40 bits per heavy atom. The van der Waals surface area contributed by atoms with E-state index < -0.39 is 0 Å². The zero-order valence-corrected chi connectivity index (χ0v) is 14.8. The molecule has 4 nitrogen and oxygen atoms in total. The maximum absolute atomic E-state index is 8.91. The van der Waals surface area contributed by atoms with Gasteiger partial charge in [0.05, 0.1) is 0 Å². The van der Waals surface area contributed by atoms with E-state index in [2.05, 4.69) is 36.3 Å². The minimum Gasteiger partial charge on any atom is -0.396 e. The molecular formula is C15H26IN3O. The van der Waals surface area contributed by atoms with Crippen molar-refractivity contribution in [3.05, 3.63) is 29.8 Å². The third-order valence-electron chi connectivity index (χ3n) is 3.25. The van der Waals surface area contributed by atoms with Gasteiger partial charge in [0.1, 0.15) is 0 Å². The van der Waals surface area contributed by atoms with Crippen molar-refractivity contribution in [2.75, 3.05) is 18.5 Å². The second kappa shape index (κ2) is 9.99. The second-order valence-corrected chi connectivity index (χ2v) is 5.07. The number of aliphatic imine (C=N–C) groups is 1. The van der Waals surface area contributed by atoms with E-state index in [1.165, 1.54) is 5.56 Å². The lowest BCUT2D eigenvalue weighted by atomic mass is 9.99. The highest BCUT2D eigenvalue weighted by atomic mass is 127. The van der Waals surface area contributed by atoms with Crippen LogP contribution in [0.25, 0.3) is 0 Å². The largest absolute Gasteiger partial charge is 0.396 e. The van der Waals surface area contributed by atoms with Gasteiger partial charge in [-0.1, -0.05) is 32.9 Å². The third kappa shape index (κ3) is 6.56. The first kappa shape index (κ1) is 19.2. The highest BCUT2D eigenvalue weighted by Gasteiger charge is 2.03. The number of nitrogens with one attached hydrogen (secondary N) is 1. The molecule has 0 aliphatic heterocycles. The number of rotatable bonds is 6. The number of aliphatic hydroxyl groups excluding tert-OH is 1. The summed E-state index contributed by atoms with van der Waals surface area (Å²) < 4.78 is 0. The van der Waals surface area contributed by atoms with Crippen LogP contribution in [-0.4, -0.2) is 24.2 Å². The Morgan fingerprint density at radius 2 is 1.90 bits per heavy atom. The lowest BCUT2D eigenvalue weighted by molar-refractivity contribution is 0.242. The van der Waals surface area contributed by atoms with Crippen LogP contribution in [0.4, 0.5) is 5.69 Å². The fourth-order valence-corrected chi connectivity index (χ4v) is 1.63. The van der Waals surface area contributed by atoms with Crippen molar-refractivity contribution < 1.29 is 5.11 Å². The van der Waals surface area contributed by atoms with E-state index in [1.807, 2.05) is 19.1 Å². The highest BCUT2D eigenvalue weighted by Crippen LogP contribution is 2.20. The molecule has 1 rings (SSSR count). The number of benzene rings is 1. The smallest absolute Gasteiger partial charge is 0.193 e. The molecule has 0 saturated heterocycles. The van der Waals surface area contributed by atoms with Gasteiger partial charge in [-0.25, -0.2) is 0 Å². The molecule has 1 aromatic carbocycles. The predicted molar refractivity (Wildman–Crippen MR) is 96.9 cm³/mol. The molecule has 2 atom stereocenters. The Kier molecular flexibility index (Phi) is 9.58. The third-order valence-corrected chi connectivity index (χ3v) is 3.25. The van der Waals surface area contributed by atoms with Crippen molar-refractivity contribution in [2.24, 2.45) is 16.6 Å². The van der Waals surface area contributed by atoms with E-state index in [1.54, 1.807) is 0 Å². The van der Waals surface area contributed by atoms with Crippen LogP contribution in [-0.2, 0) is 0 Å². The summed E-state index contributed by atoms with van der Waals surface area (Å²) in [4.78, 5) is 4.19. The summed E-state index contributed by atoms with van der Waals surface area (Å²) in [7, 11) is 0. The fourth-order valence-electron chi connectivity index (χ4n) is 1.63.